The average Bonchev–Trinajstić information content (AvgIpc) is 3.11. The SMILES string of the molecule is Cc1ccc(C(N)=NO)c(N(C)CC2CC2)c1. The second-order valence-corrected chi connectivity index (χ2v) is 4.83. The summed E-state index contributed by atoms with van der Waals surface area (Å²) in [5, 5.41) is 11.9. The largest absolute Gasteiger partial charge is 0.409 e. The van der Waals surface area contributed by atoms with Gasteiger partial charge in [0.2, 0.25) is 0 Å². The smallest absolute Gasteiger partial charge is 0.172 e. The van der Waals surface area contributed by atoms with Crippen LogP contribution in [0.1, 0.15) is 24.0 Å². The molecule has 0 radical (unpaired) electrons. The lowest BCUT2D eigenvalue weighted by atomic mass is 10.1. The molecule has 0 aromatic heterocycles. The highest BCUT2D eigenvalue weighted by Gasteiger charge is 2.24. The highest BCUT2D eigenvalue weighted by Crippen LogP contribution is 2.32. The van der Waals surface area contributed by atoms with E-state index in [4.69, 9.17) is 10.9 Å². The first-order chi connectivity index (χ1) is 8.11. The van der Waals surface area contributed by atoms with Gasteiger partial charge in [0.25, 0.3) is 0 Å². The minimum Gasteiger partial charge on any atom is -0.409 e. The number of hydrogen-bond donors (Lipinski definition) is 2. The van der Waals surface area contributed by atoms with Crippen LogP contribution in [0.4, 0.5) is 5.69 Å². The van der Waals surface area contributed by atoms with Gasteiger partial charge in [0.05, 0.1) is 0 Å². The number of hydrogen-bond acceptors (Lipinski definition) is 3. The first-order valence-corrected chi connectivity index (χ1v) is 5.91. The lowest BCUT2D eigenvalue weighted by Crippen LogP contribution is -2.24. The maximum atomic E-state index is 8.80. The van der Waals surface area contributed by atoms with Gasteiger partial charge in [-0.25, -0.2) is 0 Å². The van der Waals surface area contributed by atoms with Gasteiger partial charge in [-0.2, -0.15) is 0 Å². The van der Waals surface area contributed by atoms with Crippen LogP contribution in [0.2, 0.25) is 0 Å². The Balaban J connectivity index is 2.31. The van der Waals surface area contributed by atoms with E-state index in [1.165, 1.54) is 18.4 Å². The molecule has 4 nitrogen and oxygen atoms in total. The second kappa shape index (κ2) is 4.65. The third kappa shape index (κ3) is 2.70. The summed E-state index contributed by atoms with van der Waals surface area (Å²) < 4.78 is 0. The third-order valence-electron chi connectivity index (χ3n) is 3.18. The van der Waals surface area contributed by atoms with Crippen LogP contribution in [0.25, 0.3) is 0 Å². The maximum Gasteiger partial charge on any atom is 0.172 e. The van der Waals surface area contributed by atoms with Crippen LogP contribution < -0.4 is 10.6 Å². The molecule has 0 bridgehead atoms. The van der Waals surface area contributed by atoms with E-state index in [9.17, 15) is 0 Å². The van der Waals surface area contributed by atoms with Gasteiger partial charge in [0.15, 0.2) is 5.84 Å². The van der Waals surface area contributed by atoms with Crippen LogP contribution in [0.5, 0.6) is 0 Å². The minimum atomic E-state index is 0.169. The van der Waals surface area contributed by atoms with Gasteiger partial charge >= 0.3 is 0 Å². The number of benzene rings is 1. The van der Waals surface area contributed by atoms with E-state index in [0.717, 1.165) is 23.7 Å². The minimum absolute atomic E-state index is 0.169. The van der Waals surface area contributed by atoms with E-state index >= 15 is 0 Å². The molecule has 0 spiro atoms. The fourth-order valence-electron chi connectivity index (χ4n) is 2.01. The van der Waals surface area contributed by atoms with Crippen molar-refractivity contribution in [2.45, 2.75) is 19.8 Å². The van der Waals surface area contributed by atoms with E-state index in [2.05, 4.69) is 23.2 Å². The van der Waals surface area contributed by atoms with Crippen LogP contribution in [0, 0.1) is 12.8 Å². The van der Waals surface area contributed by atoms with Crippen molar-refractivity contribution >= 4 is 11.5 Å². The van der Waals surface area contributed by atoms with Crippen LogP contribution in [0.15, 0.2) is 23.4 Å². The van der Waals surface area contributed by atoms with Gasteiger partial charge in [-0.05, 0) is 43.4 Å². The molecule has 1 fully saturated rings. The summed E-state index contributed by atoms with van der Waals surface area (Å²) in [5.74, 6) is 0.975. The van der Waals surface area contributed by atoms with Crippen LogP contribution >= 0.6 is 0 Å². The number of anilines is 1. The predicted octanol–water partition coefficient (Wildman–Crippen LogP) is 1.94. The number of oxime groups is 1. The van der Waals surface area contributed by atoms with Gasteiger partial charge in [-0.15, -0.1) is 0 Å². The van der Waals surface area contributed by atoms with Crippen molar-refractivity contribution in [2.75, 3.05) is 18.5 Å². The Morgan fingerprint density at radius 3 is 2.82 bits per heavy atom. The average molecular weight is 233 g/mol. The molecule has 17 heavy (non-hydrogen) atoms. The van der Waals surface area contributed by atoms with Crippen LogP contribution in [0.3, 0.4) is 0 Å². The number of amidine groups is 1. The Bertz CT molecular complexity index is 438. The van der Waals surface area contributed by atoms with Crippen molar-refractivity contribution in [2.24, 2.45) is 16.8 Å². The van der Waals surface area contributed by atoms with Gasteiger partial charge in [-0.1, -0.05) is 11.2 Å². The van der Waals surface area contributed by atoms with Gasteiger partial charge < -0.3 is 15.8 Å². The Labute approximate surface area is 102 Å². The van der Waals surface area contributed by atoms with Crippen molar-refractivity contribution < 1.29 is 5.21 Å². The number of nitrogens with zero attached hydrogens (tertiary/aromatic N) is 2. The second-order valence-electron chi connectivity index (χ2n) is 4.83. The molecular formula is C13H19N3O. The molecule has 1 aromatic rings. The molecule has 1 saturated carbocycles. The summed E-state index contributed by atoms with van der Waals surface area (Å²) in [5.41, 5.74) is 8.71. The number of rotatable bonds is 4. The lowest BCUT2D eigenvalue weighted by molar-refractivity contribution is 0.318. The van der Waals surface area contributed by atoms with E-state index in [0.29, 0.717) is 0 Å². The first kappa shape index (κ1) is 11.8. The molecule has 3 N–H and O–H groups in total. The highest BCUT2D eigenvalue weighted by molar-refractivity contribution is 6.02. The summed E-state index contributed by atoms with van der Waals surface area (Å²) >= 11 is 0. The number of nitrogens with two attached hydrogens (primary N) is 1. The monoisotopic (exact) mass is 233 g/mol. The zero-order valence-corrected chi connectivity index (χ0v) is 10.3. The Morgan fingerprint density at radius 1 is 1.53 bits per heavy atom. The van der Waals surface area contributed by atoms with E-state index in [1.54, 1.807) is 0 Å². The molecule has 1 aromatic carbocycles. The summed E-state index contributed by atoms with van der Waals surface area (Å²) in [7, 11) is 2.06. The van der Waals surface area contributed by atoms with Crippen molar-refractivity contribution in [1.29, 1.82) is 0 Å². The molecule has 2 rings (SSSR count). The predicted molar refractivity (Wildman–Crippen MR) is 69.7 cm³/mol. The quantitative estimate of drug-likeness (QED) is 0.361. The molecule has 1 aliphatic rings. The third-order valence-corrected chi connectivity index (χ3v) is 3.18. The zero-order chi connectivity index (χ0) is 12.4. The fourth-order valence-corrected chi connectivity index (χ4v) is 2.01. The summed E-state index contributed by atoms with van der Waals surface area (Å²) in [6.07, 6.45) is 2.63. The van der Waals surface area contributed by atoms with E-state index in [-0.39, 0.29) is 5.84 Å². The summed E-state index contributed by atoms with van der Waals surface area (Å²) in [4.78, 5) is 2.19. The van der Waals surface area contributed by atoms with Crippen molar-refractivity contribution in [1.82, 2.24) is 0 Å². The molecule has 0 aliphatic heterocycles. The molecule has 0 atom stereocenters. The van der Waals surface area contributed by atoms with Gasteiger partial charge in [0, 0.05) is 24.8 Å². The van der Waals surface area contributed by atoms with Gasteiger partial charge in [0.1, 0.15) is 0 Å². The lowest BCUT2D eigenvalue weighted by Gasteiger charge is -2.22. The normalized spacial score (nSPS) is 16.0. The molecule has 0 unspecified atom stereocenters. The summed E-state index contributed by atoms with van der Waals surface area (Å²) in [6, 6.07) is 5.96. The Morgan fingerprint density at radius 2 is 2.24 bits per heavy atom. The van der Waals surface area contributed by atoms with Crippen molar-refractivity contribution in [3.05, 3.63) is 29.3 Å². The Hall–Kier alpha value is -1.71. The standard InChI is InChI=1S/C13H19N3O/c1-9-3-6-11(13(14)15-17)12(7-9)16(2)8-10-4-5-10/h3,6-7,10,17H,4-5,8H2,1-2H3,(H2,14,15). The zero-order valence-electron chi connectivity index (χ0n) is 10.3. The molecule has 0 saturated heterocycles. The topological polar surface area (TPSA) is 61.9 Å². The fraction of sp³-hybridized carbons (Fsp3) is 0.462. The molecule has 1 aliphatic carbocycles. The molecule has 92 valence electrons. The Kier molecular flexibility index (Phi) is 3.22. The van der Waals surface area contributed by atoms with Crippen molar-refractivity contribution in [3.63, 3.8) is 0 Å². The molecule has 0 heterocycles. The maximum absolute atomic E-state index is 8.80. The van der Waals surface area contributed by atoms with Crippen LogP contribution in [-0.4, -0.2) is 24.6 Å². The number of aryl methyl sites for hydroxylation is 1. The molecule has 4 heteroatoms. The van der Waals surface area contributed by atoms with E-state index in [1.807, 2.05) is 19.1 Å². The van der Waals surface area contributed by atoms with Crippen molar-refractivity contribution in [3.8, 4) is 0 Å². The van der Waals surface area contributed by atoms with Gasteiger partial charge in [-0.3, -0.25) is 0 Å². The van der Waals surface area contributed by atoms with Crippen LogP contribution in [-0.2, 0) is 0 Å². The summed E-state index contributed by atoms with van der Waals surface area (Å²) in [6.45, 7) is 3.08. The first-order valence-electron chi connectivity index (χ1n) is 5.91. The molecular weight excluding hydrogens is 214 g/mol. The molecule has 0 amide bonds. The van der Waals surface area contributed by atoms with E-state index < -0.39 is 0 Å². The highest BCUT2D eigenvalue weighted by atomic mass is 16.4.